The van der Waals surface area contributed by atoms with Crippen LogP contribution < -0.4 is 10.6 Å². The number of guanidine groups is 1. The molecule has 0 radical (unpaired) electrons. The van der Waals surface area contributed by atoms with E-state index in [-0.39, 0.29) is 0 Å². The number of hydrogen-bond donors (Lipinski definition) is 2. The smallest absolute Gasteiger partial charge is 0.191 e. The lowest BCUT2D eigenvalue weighted by Crippen LogP contribution is -2.42. The minimum Gasteiger partial charge on any atom is -0.356 e. The first kappa shape index (κ1) is 19.3. The van der Waals surface area contributed by atoms with Gasteiger partial charge in [-0.2, -0.15) is 0 Å². The molecule has 0 aromatic rings. The molecule has 1 fully saturated rings. The first-order valence-corrected chi connectivity index (χ1v) is 9.31. The molecule has 1 heterocycles. The normalized spacial score (nSPS) is 18.0. The molecule has 1 rings (SSSR count). The molecule has 22 heavy (non-hydrogen) atoms. The minimum absolute atomic E-state index is 0.495. The zero-order valence-electron chi connectivity index (χ0n) is 15.3. The highest BCUT2D eigenvalue weighted by atomic mass is 15.2. The van der Waals surface area contributed by atoms with Crippen molar-refractivity contribution in [3.05, 3.63) is 0 Å². The Labute approximate surface area is 138 Å². The second-order valence-electron chi connectivity index (χ2n) is 7.12. The van der Waals surface area contributed by atoms with Crippen molar-refractivity contribution < 1.29 is 0 Å². The van der Waals surface area contributed by atoms with Crippen LogP contribution in [0.1, 0.15) is 65.7 Å². The molecule has 1 aliphatic heterocycles. The summed E-state index contributed by atoms with van der Waals surface area (Å²) in [6.45, 7) is 11.7. The van der Waals surface area contributed by atoms with Crippen molar-refractivity contribution in [2.45, 2.75) is 71.8 Å². The third-order valence-corrected chi connectivity index (χ3v) is 4.42. The summed E-state index contributed by atoms with van der Waals surface area (Å²) in [7, 11) is 1.86. The fraction of sp³-hybridized carbons (Fsp3) is 0.944. The van der Waals surface area contributed by atoms with Gasteiger partial charge in [-0.1, -0.05) is 26.7 Å². The van der Waals surface area contributed by atoms with Crippen molar-refractivity contribution in [3.63, 3.8) is 0 Å². The van der Waals surface area contributed by atoms with Crippen LogP contribution >= 0.6 is 0 Å². The predicted octanol–water partition coefficient (Wildman–Crippen LogP) is 3.24. The number of hydrogen-bond acceptors (Lipinski definition) is 2. The van der Waals surface area contributed by atoms with Crippen LogP contribution in [0.4, 0.5) is 0 Å². The Morgan fingerprint density at radius 1 is 1.05 bits per heavy atom. The van der Waals surface area contributed by atoms with Crippen molar-refractivity contribution in [2.75, 3.05) is 33.2 Å². The van der Waals surface area contributed by atoms with Crippen molar-refractivity contribution in [3.8, 4) is 0 Å². The van der Waals surface area contributed by atoms with Crippen LogP contribution in [0.25, 0.3) is 0 Å². The van der Waals surface area contributed by atoms with Gasteiger partial charge in [0.1, 0.15) is 0 Å². The van der Waals surface area contributed by atoms with Gasteiger partial charge in [0.25, 0.3) is 0 Å². The van der Waals surface area contributed by atoms with Gasteiger partial charge in [0.05, 0.1) is 0 Å². The topological polar surface area (TPSA) is 39.7 Å². The molecule has 0 aliphatic carbocycles. The van der Waals surface area contributed by atoms with Crippen molar-refractivity contribution in [1.82, 2.24) is 15.5 Å². The molecule has 4 nitrogen and oxygen atoms in total. The first-order valence-electron chi connectivity index (χ1n) is 9.31. The fourth-order valence-corrected chi connectivity index (χ4v) is 3.01. The molecule has 1 unspecified atom stereocenters. The molecular formula is C18H38N4. The van der Waals surface area contributed by atoms with Crippen molar-refractivity contribution in [2.24, 2.45) is 10.9 Å². The minimum atomic E-state index is 0.495. The van der Waals surface area contributed by atoms with E-state index >= 15 is 0 Å². The number of likely N-dealkylation sites (tertiary alicyclic amines) is 1. The highest BCUT2D eigenvalue weighted by Crippen LogP contribution is 2.09. The van der Waals surface area contributed by atoms with Gasteiger partial charge in [0.2, 0.25) is 0 Å². The Balaban J connectivity index is 2.03. The summed E-state index contributed by atoms with van der Waals surface area (Å²) in [5.41, 5.74) is 0. The molecular weight excluding hydrogens is 272 g/mol. The maximum absolute atomic E-state index is 4.33. The van der Waals surface area contributed by atoms with Crippen LogP contribution in [0.3, 0.4) is 0 Å². The first-order chi connectivity index (χ1) is 10.6. The van der Waals surface area contributed by atoms with E-state index in [4.69, 9.17) is 0 Å². The summed E-state index contributed by atoms with van der Waals surface area (Å²) in [5, 5.41) is 6.95. The van der Waals surface area contributed by atoms with Gasteiger partial charge >= 0.3 is 0 Å². The van der Waals surface area contributed by atoms with Gasteiger partial charge in [-0.15, -0.1) is 0 Å². The molecule has 0 aromatic carbocycles. The van der Waals surface area contributed by atoms with Crippen LogP contribution in [-0.2, 0) is 0 Å². The highest BCUT2D eigenvalue weighted by Gasteiger charge is 2.10. The van der Waals surface area contributed by atoms with Crippen LogP contribution in [0, 0.1) is 5.92 Å². The average Bonchev–Trinajstić information content (AvgIpc) is 2.98. The van der Waals surface area contributed by atoms with Gasteiger partial charge in [0.15, 0.2) is 5.96 Å². The number of unbranched alkanes of at least 4 members (excludes halogenated alkanes) is 1. The van der Waals surface area contributed by atoms with E-state index < -0.39 is 0 Å². The van der Waals surface area contributed by atoms with Crippen molar-refractivity contribution in [1.29, 1.82) is 0 Å². The Morgan fingerprint density at radius 2 is 1.77 bits per heavy atom. The molecule has 0 saturated carbocycles. The van der Waals surface area contributed by atoms with Crippen LogP contribution in [0.2, 0.25) is 0 Å². The second kappa shape index (κ2) is 11.8. The molecule has 0 bridgehead atoms. The Kier molecular flexibility index (Phi) is 10.3. The second-order valence-corrected chi connectivity index (χ2v) is 7.12. The molecule has 0 spiro atoms. The zero-order chi connectivity index (χ0) is 16.2. The zero-order valence-corrected chi connectivity index (χ0v) is 15.3. The number of nitrogens with zero attached hydrogens (tertiary/aromatic N) is 2. The summed E-state index contributed by atoms with van der Waals surface area (Å²) in [4.78, 5) is 6.92. The van der Waals surface area contributed by atoms with Gasteiger partial charge < -0.3 is 15.5 Å². The molecule has 1 aliphatic rings. The van der Waals surface area contributed by atoms with Gasteiger partial charge in [-0.25, -0.2) is 0 Å². The van der Waals surface area contributed by atoms with Crippen molar-refractivity contribution >= 4 is 5.96 Å². The van der Waals surface area contributed by atoms with Crippen LogP contribution in [0.15, 0.2) is 4.99 Å². The maximum atomic E-state index is 4.33. The van der Waals surface area contributed by atoms with E-state index in [0.717, 1.165) is 18.4 Å². The fourth-order valence-electron chi connectivity index (χ4n) is 3.01. The quantitative estimate of drug-likeness (QED) is 0.370. The Bertz CT molecular complexity index is 295. The van der Waals surface area contributed by atoms with E-state index in [0.29, 0.717) is 6.04 Å². The predicted molar refractivity (Wildman–Crippen MR) is 97.6 cm³/mol. The summed E-state index contributed by atoms with van der Waals surface area (Å²) in [6.07, 6.45) is 9.11. The molecule has 0 amide bonds. The lowest BCUT2D eigenvalue weighted by Gasteiger charge is -2.19. The number of nitrogens with one attached hydrogen (secondary N) is 2. The highest BCUT2D eigenvalue weighted by molar-refractivity contribution is 5.79. The van der Waals surface area contributed by atoms with Gasteiger partial charge in [-0.05, 0) is 64.6 Å². The Morgan fingerprint density at radius 3 is 2.41 bits per heavy atom. The maximum Gasteiger partial charge on any atom is 0.191 e. The standard InChI is InChI=1S/C18H38N4/c1-16(2)10-9-11-17(3)21-18(19-4)20-12-5-6-13-22-14-7-8-15-22/h16-17H,5-15H2,1-4H3,(H2,19,20,21). The summed E-state index contributed by atoms with van der Waals surface area (Å²) in [5.74, 6) is 1.76. The van der Waals surface area contributed by atoms with E-state index in [2.05, 4.69) is 41.3 Å². The lowest BCUT2D eigenvalue weighted by molar-refractivity contribution is 0.330. The summed E-state index contributed by atoms with van der Waals surface area (Å²) in [6, 6.07) is 0.495. The van der Waals surface area contributed by atoms with Crippen LogP contribution in [0.5, 0.6) is 0 Å². The number of rotatable bonds is 10. The number of aliphatic imine (C=N–C) groups is 1. The van der Waals surface area contributed by atoms with E-state index in [1.807, 2.05) is 7.05 Å². The average molecular weight is 311 g/mol. The molecule has 130 valence electrons. The van der Waals surface area contributed by atoms with Gasteiger partial charge in [-0.3, -0.25) is 4.99 Å². The van der Waals surface area contributed by atoms with E-state index in [9.17, 15) is 0 Å². The SMILES string of the molecule is CN=C(NCCCCN1CCCC1)NC(C)CCCC(C)C. The molecule has 1 atom stereocenters. The Hall–Kier alpha value is -0.770. The lowest BCUT2D eigenvalue weighted by atomic mass is 10.0. The summed E-state index contributed by atoms with van der Waals surface area (Å²) < 4.78 is 0. The monoisotopic (exact) mass is 310 g/mol. The van der Waals surface area contributed by atoms with E-state index in [1.54, 1.807) is 0 Å². The molecule has 0 aromatic heterocycles. The third-order valence-electron chi connectivity index (χ3n) is 4.42. The van der Waals surface area contributed by atoms with Crippen LogP contribution in [-0.4, -0.2) is 50.1 Å². The molecule has 1 saturated heterocycles. The van der Waals surface area contributed by atoms with Gasteiger partial charge in [0, 0.05) is 19.6 Å². The largest absolute Gasteiger partial charge is 0.356 e. The molecule has 2 N–H and O–H groups in total. The summed E-state index contributed by atoms with van der Waals surface area (Å²) >= 11 is 0. The third kappa shape index (κ3) is 9.29. The van der Waals surface area contributed by atoms with E-state index in [1.165, 1.54) is 64.6 Å². The molecule has 4 heteroatoms.